The van der Waals surface area contributed by atoms with E-state index in [4.69, 9.17) is 9.47 Å². The molecule has 1 aromatic carbocycles. The van der Waals surface area contributed by atoms with Gasteiger partial charge in [0, 0.05) is 30.8 Å². The first-order chi connectivity index (χ1) is 12.1. The van der Waals surface area contributed by atoms with Crippen LogP contribution in [0.3, 0.4) is 0 Å². The minimum Gasteiger partial charge on any atom is -0.493 e. The highest BCUT2D eigenvalue weighted by Gasteiger charge is 2.13. The van der Waals surface area contributed by atoms with Gasteiger partial charge in [-0.3, -0.25) is 4.98 Å². The molecule has 0 aliphatic heterocycles. The number of nitrogens with zero attached hydrogens (tertiary/aromatic N) is 4. The van der Waals surface area contributed by atoms with Gasteiger partial charge in [-0.25, -0.2) is 0 Å². The zero-order valence-electron chi connectivity index (χ0n) is 14.7. The van der Waals surface area contributed by atoms with Gasteiger partial charge in [0.15, 0.2) is 22.5 Å². The number of aromatic nitrogens is 4. The lowest BCUT2D eigenvalue weighted by atomic mass is 10.1. The first-order valence-electron chi connectivity index (χ1n) is 7.78. The van der Waals surface area contributed by atoms with E-state index < -0.39 is 0 Å². The standard InChI is InChI=1S/C18H20N4O2S/c1-12-9-15(23-3)16(24-4)10-14(12)11-25-18-21-20-17(22(18)2)13-5-7-19-8-6-13/h5-10H,11H2,1-4H3. The Kier molecular flexibility index (Phi) is 5.23. The Balaban J connectivity index is 1.80. The third kappa shape index (κ3) is 3.61. The number of methoxy groups -OCH3 is 2. The quantitative estimate of drug-likeness (QED) is 0.630. The van der Waals surface area contributed by atoms with Gasteiger partial charge in [-0.1, -0.05) is 11.8 Å². The van der Waals surface area contributed by atoms with Gasteiger partial charge < -0.3 is 14.0 Å². The van der Waals surface area contributed by atoms with Crippen molar-refractivity contribution in [2.75, 3.05) is 14.2 Å². The van der Waals surface area contributed by atoms with E-state index in [9.17, 15) is 0 Å². The summed E-state index contributed by atoms with van der Waals surface area (Å²) in [6.45, 7) is 2.07. The van der Waals surface area contributed by atoms with Crippen molar-refractivity contribution in [3.05, 3.63) is 47.8 Å². The first kappa shape index (κ1) is 17.3. The van der Waals surface area contributed by atoms with Crippen molar-refractivity contribution in [2.45, 2.75) is 17.8 Å². The molecule has 0 aliphatic carbocycles. The van der Waals surface area contributed by atoms with E-state index >= 15 is 0 Å². The average Bonchev–Trinajstić information content (AvgIpc) is 3.01. The number of hydrogen-bond donors (Lipinski definition) is 0. The summed E-state index contributed by atoms with van der Waals surface area (Å²) < 4.78 is 12.7. The topological polar surface area (TPSA) is 62.1 Å². The van der Waals surface area contributed by atoms with Crippen molar-refractivity contribution in [1.29, 1.82) is 0 Å². The van der Waals surface area contributed by atoms with Crippen LogP contribution in [0.15, 0.2) is 41.8 Å². The van der Waals surface area contributed by atoms with Gasteiger partial charge in [0.2, 0.25) is 0 Å². The molecule has 0 bridgehead atoms. The van der Waals surface area contributed by atoms with Crippen LogP contribution in [0.5, 0.6) is 11.5 Å². The van der Waals surface area contributed by atoms with Gasteiger partial charge in [-0.15, -0.1) is 10.2 Å². The highest BCUT2D eigenvalue weighted by Crippen LogP contribution is 2.33. The number of pyridine rings is 1. The van der Waals surface area contributed by atoms with Crippen molar-refractivity contribution >= 4 is 11.8 Å². The van der Waals surface area contributed by atoms with Crippen LogP contribution < -0.4 is 9.47 Å². The van der Waals surface area contributed by atoms with Gasteiger partial charge in [0.05, 0.1) is 14.2 Å². The molecule has 0 aliphatic rings. The lowest BCUT2D eigenvalue weighted by molar-refractivity contribution is 0.354. The van der Waals surface area contributed by atoms with Gasteiger partial charge >= 0.3 is 0 Å². The maximum absolute atomic E-state index is 5.40. The second kappa shape index (κ2) is 7.57. The summed E-state index contributed by atoms with van der Waals surface area (Å²) in [4.78, 5) is 4.04. The Labute approximate surface area is 151 Å². The molecule has 3 aromatic rings. The van der Waals surface area contributed by atoms with Crippen LogP contribution in [0, 0.1) is 6.92 Å². The molecule has 0 N–H and O–H groups in total. The molecule has 0 amide bonds. The van der Waals surface area contributed by atoms with Gasteiger partial charge in [0.1, 0.15) is 0 Å². The van der Waals surface area contributed by atoms with Crippen LogP contribution in [-0.2, 0) is 12.8 Å². The molecule has 2 aromatic heterocycles. The number of rotatable bonds is 6. The summed E-state index contributed by atoms with van der Waals surface area (Å²) in [6, 6.07) is 7.86. The van der Waals surface area contributed by atoms with Crippen LogP contribution in [0.2, 0.25) is 0 Å². The summed E-state index contributed by atoms with van der Waals surface area (Å²) in [7, 11) is 5.26. The van der Waals surface area contributed by atoms with Gasteiger partial charge in [-0.2, -0.15) is 0 Å². The maximum Gasteiger partial charge on any atom is 0.191 e. The molecule has 6 nitrogen and oxygen atoms in total. The minimum atomic E-state index is 0.735. The Morgan fingerprint density at radius 2 is 1.72 bits per heavy atom. The van der Waals surface area contributed by atoms with E-state index in [1.807, 2.05) is 35.9 Å². The van der Waals surface area contributed by atoms with Crippen LogP contribution in [0.25, 0.3) is 11.4 Å². The third-order valence-corrected chi connectivity index (χ3v) is 5.04. The summed E-state index contributed by atoms with van der Waals surface area (Å²) in [5.74, 6) is 3.08. The van der Waals surface area contributed by atoms with Crippen molar-refractivity contribution in [2.24, 2.45) is 7.05 Å². The first-order valence-corrected chi connectivity index (χ1v) is 8.76. The predicted molar refractivity (Wildman–Crippen MR) is 98.1 cm³/mol. The van der Waals surface area contributed by atoms with Crippen molar-refractivity contribution in [3.8, 4) is 22.9 Å². The fourth-order valence-electron chi connectivity index (χ4n) is 2.51. The molecule has 0 spiro atoms. The molecule has 25 heavy (non-hydrogen) atoms. The normalized spacial score (nSPS) is 10.7. The molecule has 130 valence electrons. The average molecular weight is 356 g/mol. The highest BCUT2D eigenvalue weighted by atomic mass is 32.2. The van der Waals surface area contributed by atoms with E-state index in [2.05, 4.69) is 22.1 Å². The number of ether oxygens (including phenoxy) is 2. The lowest BCUT2D eigenvalue weighted by Crippen LogP contribution is -1.97. The molecule has 3 rings (SSSR count). The summed E-state index contributed by atoms with van der Waals surface area (Å²) in [5, 5.41) is 9.48. The van der Waals surface area contributed by atoms with Crippen LogP contribution >= 0.6 is 11.8 Å². The van der Waals surface area contributed by atoms with E-state index in [1.54, 1.807) is 38.4 Å². The van der Waals surface area contributed by atoms with Crippen LogP contribution in [0.1, 0.15) is 11.1 Å². The van der Waals surface area contributed by atoms with Crippen molar-refractivity contribution in [1.82, 2.24) is 19.7 Å². The number of hydrogen-bond acceptors (Lipinski definition) is 6. The number of aryl methyl sites for hydroxylation is 1. The molecular weight excluding hydrogens is 336 g/mol. The molecule has 0 unspecified atom stereocenters. The van der Waals surface area contributed by atoms with Crippen molar-refractivity contribution in [3.63, 3.8) is 0 Å². The number of thioether (sulfide) groups is 1. The monoisotopic (exact) mass is 356 g/mol. The third-order valence-electron chi connectivity index (χ3n) is 3.97. The zero-order valence-corrected chi connectivity index (χ0v) is 15.5. The van der Waals surface area contributed by atoms with E-state index in [-0.39, 0.29) is 0 Å². The SMILES string of the molecule is COc1cc(C)c(CSc2nnc(-c3ccncc3)n2C)cc1OC. The summed E-state index contributed by atoms with van der Waals surface area (Å²) >= 11 is 1.64. The molecule has 2 heterocycles. The van der Waals surface area contributed by atoms with Crippen LogP contribution in [-0.4, -0.2) is 34.0 Å². The van der Waals surface area contributed by atoms with Gasteiger partial charge in [0.25, 0.3) is 0 Å². The Hall–Kier alpha value is -2.54. The Morgan fingerprint density at radius 3 is 2.40 bits per heavy atom. The van der Waals surface area contributed by atoms with E-state index in [0.717, 1.165) is 39.4 Å². The lowest BCUT2D eigenvalue weighted by Gasteiger charge is -2.12. The second-order valence-electron chi connectivity index (χ2n) is 5.52. The smallest absolute Gasteiger partial charge is 0.191 e. The molecule has 0 radical (unpaired) electrons. The van der Waals surface area contributed by atoms with E-state index in [1.165, 1.54) is 5.56 Å². The summed E-state index contributed by atoms with van der Waals surface area (Å²) in [6.07, 6.45) is 3.51. The molecule has 0 atom stereocenters. The predicted octanol–water partition coefficient (Wildman–Crippen LogP) is 3.50. The fraction of sp³-hybridized carbons (Fsp3) is 0.278. The molecule has 7 heteroatoms. The zero-order chi connectivity index (χ0) is 17.8. The molecule has 0 fully saturated rings. The maximum atomic E-state index is 5.40. The largest absolute Gasteiger partial charge is 0.493 e. The highest BCUT2D eigenvalue weighted by molar-refractivity contribution is 7.98. The van der Waals surface area contributed by atoms with Gasteiger partial charge in [-0.05, 0) is 42.3 Å². The fourth-order valence-corrected chi connectivity index (χ4v) is 3.49. The molecule has 0 saturated heterocycles. The molecule has 0 saturated carbocycles. The second-order valence-corrected chi connectivity index (χ2v) is 6.47. The van der Waals surface area contributed by atoms with Crippen molar-refractivity contribution < 1.29 is 9.47 Å². The molecular formula is C18H20N4O2S. The summed E-state index contributed by atoms with van der Waals surface area (Å²) in [5.41, 5.74) is 3.33. The Bertz CT molecular complexity index is 865. The number of benzene rings is 1. The van der Waals surface area contributed by atoms with E-state index in [0.29, 0.717) is 0 Å². The minimum absolute atomic E-state index is 0.735. The Morgan fingerprint density at radius 1 is 1.04 bits per heavy atom. The van der Waals surface area contributed by atoms with Crippen LogP contribution in [0.4, 0.5) is 0 Å².